The van der Waals surface area contributed by atoms with Gasteiger partial charge in [0.2, 0.25) is 0 Å². The van der Waals surface area contributed by atoms with E-state index in [1.54, 1.807) is 0 Å². The second-order valence-corrected chi connectivity index (χ2v) is 9.74. The molecule has 0 saturated carbocycles. The van der Waals surface area contributed by atoms with Crippen molar-refractivity contribution in [2.45, 2.75) is 24.9 Å². The molecule has 5 aromatic carbocycles. The molecule has 0 saturated heterocycles. The summed E-state index contributed by atoms with van der Waals surface area (Å²) in [6, 6.07) is 37.4. The van der Waals surface area contributed by atoms with Crippen LogP contribution in [0.1, 0.15) is 40.8 Å². The molecule has 1 aliphatic rings. The highest BCUT2D eigenvalue weighted by Crippen LogP contribution is 2.41. The number of fused-ring (bicyclic) bond motifs is 2. The number of anilines is 2. The van der Waals surface area contributed by atoms with Gasteiger partial charge in [-0.05, 0) is 69.6 Å². The minimum Gasteiger partial charge on any atom is -0.355 e. The number of benzene rings is 5. The topological polar surface area (TPSA) is 64.1 Å². The van der Waals surface area contributed by atoms with Crippen molar-refractivity contribution < 1.29 is 0 Å². The van der Waals surface area contributed by atoms with E-state index in [-0.39, 0.29) is 12.1 Å². The third-order valence-corrected chi connectivity index (χ3v) is 7.39. The van der Waals surface area contributed by atoms with Gasteiger partial charge in [0, 0.05) is 29.0 Å². The van der Waals surface area contributed by atoms with Crippen LogP contribution in [0, 0.1) is 0 Å². The Balaban J connectivity index is 1.41. The number of hydrogen-bond acceptors (Lipinski definition) is 3. The molecule has 0 aliphatic heterocycles. The molecule has 182 valence electrons. The van der Waals surface area contributed by atoms with Crippen LogP contribution in [0.5, 0.6) is 0 Å². The van der Waals surface area contributed by atoms with E-state index in [4.69, 9.17) is 11.5 Å². The number of hydrogen-bond donors (Lipinski definition) is 3. The summed E-state index contributed by atoms with van der Waals surface area (Å²) in [4.78, 5) is 0. The number of allylic oxidation sites excluding steroid dienone is 1. The van der Waals surface area contributed by atoms with Crippen molar-refractivity contribution in [1.82, 2.24) is 0 Å². The van der Waals surface area contributed by atoms with Crippen molar-refractivity contribution >= 4 is 28.2 Å². The molecule has 3 heteroatoms. The van der Waals surface area contributed by atoms with Crippen LogP contribution in [0.25, 0.3) is 28.0 Å². The molecule has 37 heavy (non-hydrogen) atoms. The van der Waals surface area contributed by atoms with Crippen molar-refractivity contribution in [3.63, 3.8) is 0 Å². The Morgan fingerprint density at radius 1 is 0.676 bits per heavy atom. The molecule has 0 bridgehead atoms. The van der Waals surface area contributed by atoms with Crippen molar-refractivity contribution in [1.29, 1.82) is 0 Å². The molecular formula is C34H31N3. The van der Waals surface area contributed by atoms with Gasteiger partial charge in [0.05, 0.1) is 0 Å². The summed E-state index contributed by atoms with van der Waals surface area (Å²) in [6.07, 6.45) is 6.64. The molecule has 1 unspecified atom stereocenters. The molecule has 5 aromatic rings. The van der Waals surface area contributed by atoms with Gasteiger partial charge in [-0.1, -0.05) is 103 Å². The predicted octanol–water partition coefficient (Wildman–Crippen LogP) is 7.91. The van der Waals surface area contributed by atoms with Crippen molar-refractivity contribution in [3.05, 3.63) is 138 Å². The summed E-state index contributed by atoms with van der Waals surface area (Å²) in [5.74, 6) is 0. The van der Waals surface area contributed by atoms with E-state index in [2.05, 4.69) is 90.3 Å². The molecule has 6 rings (SSSR count). The van der Waals surface area contributed by atoms with Crippen LogP contribution in [0.15, 0.2) is 115 Å². The molecular weight excluding hydrogens is 450 g/mol. The Hall–Kier alpha value is -4.18. The fourth-order valence-electron chi connectivity index (χ4n) is 5.45. The zero-order valence-electron chi connectivity index (χ0n) is 20.8. The molecule has 5 N–H and O–H groups in total. The third kappa shape index (κ3) is 4.55. The number of rotatable bonds is 6. The molecule has 0 aromatic heterocycles. The monoisotopic (exact) mass is 481 g/mol. The van der Waals surface area contributed by atoms with E-state index >= 15 is 0 Å². The predicted molar refractivity (Wildman–Crippen MR) is 157 cm³/mol. The normalized spacial score (nSPS) is 14.2. The van der Waals surface area contributed by atoms with E-state index < -0.39 is 0 Å². The Kier molecular flexibility index (Phi) is 6.32. The third-order valence-electron chi connectivity index (χ3n) is 7.39. The molecule has 1 aliphatic carbocycles. The largest absolute Gasteiger partial charge is 0.355 e. The van der Waals surface area contributed by atoms with E-state index in [1.807, 2.05) is 36.4 Å². The molecule has 0 radical (unpaired) electrons. The second-order valence-electron chi connectivity index (χ2n) is 9.74. The van der Waals surface area contributed by atoms with E-state index in [1.165, 1.54) is 33.0 Å². The molecule has 3 nitrogen and oxygen atoms in total. The maximum Gasteiger partial charge on any atom is 0.0491 e. The SMILES string of the molecule is NC(c1ccccc1)[C@@H](N)c1cccc(Nc2ccc3ccccc3c2-c2cccc3c2CCC=C3)c1. The van der Waals surface area contributed by atoms with Gasteiger partial charge >= 0.3 is 0 Å². The minimum absolute atomic E-state index is 0.281. The fraction of sp³-hybridized carbons (Fsp3) is 0.118. The Morgan fingerprint density at radius 3 is 2.32 bits per heavy atom. The zero-order chi connectivity index (χ0) is 25.2. The average Bonchev–Trinajstić information content (AvgIpc) is 2.97. The summed E-state index contributed by atoms with van der Waals surface area (Å²) in [6.45, 7) is 0. The Morgan fingerprint density at radius 2 is 1.43 bits per heavy atom. The van der Waals surface area contributed by atoms with Gasteiger partial charge < -0.3 is 16.8 Å². The van der Waals surface area contributed by atoms with Crippen LogP contribution < -0.4 is 16.8 Å². The van der Waals surface area contributed by atoms with Crippen LogP contribution >= 0.6 is 0 Å². The van der Waals surface area contributed by atoms with Crippen LogP contribution in [0.2, 0.25) is 0 Å². The maximum atomic E-state index is 6.65. The second kappa shape index (κ2) is 10.1. The smallest absolute Gasteiger partial charge is 0.0491 e. The lowest BCUT2D eigenvalue weighted by atomic mass is 9.86. The standard InChI is InChI=1S/C34H31N3/c35-33(25-12-2-1-3-13-25)34(36)26-15-8-16-27(22-26)37-31-21-20-24-11-5-7-18-29(24)32(31)30-19-9-14-23-10-4-6-17-28(23)30/h1-5,7-16,18-22,33-34,37H,6,17,35-36H2/t33?,34-/m0/s1. The van der Waals surface area contributed by atoms with E-state index in [9.17, 15) is 0 Å². The quantitative estimate of drug-likeness (QED) is 0.231. The minimum atomic E-state index is -0.312. The highest BCUT2D eigenvalue weighted by molar-refractivity contribution is 6.04. The van der Waals surface area contributed by atoms with Gasteiger partial charge in [0.1, 0.15) is 0 Å². The first-order valence-electron chi connectivity index (χ1n) is 12.9. The number of nitrogens with two attached hydrogens (primary N) is 2. The lowest BCUT2D eigenvalue weighted by molar-refractivity contribution is 0.574. The summed E-state index contributed by atoms with van der Waals surface area (Å²) < 4.78 is 0. The first kappa shape index (κ1) is 23.2. The van der Waals surface area contributed by atoms with Crippen LogP contribution in [0.3, 0.4) is 0 Å². The molecule has 0 heterocycles. The van der Waals surface area contributed by atoms with Crippen molar-refractivity contribution in [2.24, 2.45) is 11.5 Å². The number of nitrogens with one attached hydrogen (secondary N) is 1. The Labute approximate surface area is 218 Å². The van der Waals surface area contributed by atoms with Gasteiger partial charge in [0.15, 0.2) is 0 Å². The first-order valence-corrected chi connectivity index (χ1v) is 12.9. The van der Waals surface area contributed by atoms with Crippen LogP contribution in [-0.4, -0.2) is 0 Å². The van der Waals surface area contributed by atoms with Gasteiger partial charge in [-0.3, -0.25) is 0 Å². The molecule has 0 spiro atoms. The summed E-state index contributed by atoms with van der Waals surface area (Å²) in [7, 11) is 0. The highest BCUT2D eigenvalue weighted by atomic mass is 14.9. The Bertz CT molecular complexity index is 1590. The maximum absolute atomic E-state index is 6.65. The van der Waals surface area contributed by atoms with Gasteiger partial charge in [0.25, 0.3) is 0 Å². The van der Waals surface area contributed by atoms with Gasteiger partial charge in [-0.25, -0.2) is 0 Å². The molecule has 2 atom stereocenters. The summed E-state index contributed by atoms with van der Waals surface area (Å²) in [5, 5.41) is 6.21. The van der Waals surface area contributed by atoms with Gasteiger partial charge in [-0.15, -0.1) is 0 Å². The van der Waals surface area contributed by atoms with E-state index in [0.717, 1.165) is 35.3 Å². The molecule has 0 fully saturated rings. The average molecular weight is 482 g/mol. The van der Waals surface area contributed by atoms with Gasteiger partial charge in [-0.2, -0.15) is 0 Å². The lowest BCUT2D eigenvalue weighted by Crippen LogP contribution is -2.26. The fourth-order valence-corrected chi connectivity index (χ4v) is 5.45. The first-order chi connectivity index (χ1) is 18.2. The highest BCUT2D eigenvalue weighted by Gasteiger charge is 2.19. The zero-order valence-corrected chi connectivity index (χ0v) is 20.8. The van der Waals surface area contributed by atoms with Crippen LogP contribution in [-0.2, 0) is 6.42 Å². The summed E-state index contributed by atoms with van der Waals surface area (Å²) in [5.41, 5.74) is 22.6. The lowest BCUT2D eigenvalue weighted by Gasteiger charge is -2.23. The van der Waals surface area contributed by atoms with Crippen molar-refractivity contribution in [2.75, 3.05) is 5.32 Å². The van der Waals surface area contributed by atoms with Crippen molar-refractivity contribution in [3.8, 4) is 11.1 Å². The van der Waals surface area contributed by atoms with E-state index in [0.29, 0.717) is 0 Å². The summed E-state index contributed by atoms with van der Waals surface area (Å²) >= 11 is 0. The molecule has 0 amide bonds. The van der Waals surface area contributed by atoms with Crippen LogP contribution in [0.4, 0.5) is 11.4 Å².